The Labute approximate surface area is 103 Å². The predicted octanol–water partition coefficient (Wildman–Crippen LogP) is -0.739. The Bertz CT molecular complexity index is 159. The van der Waals surface area contributed by atoms with E-state index in [1.54, 1.807) is 21.3 Å². The van der Waals surface area contributed by atoms with Crippen LogP contribution in [0.3, 0.4) is 0 Å². The fourth-order valence-electron chi connectivity index (χ4n) is 1.23. The molecule has 17 heavy (non-hydrogen) atoms. The molecule has 0 aliphatic rings. The second-order valence-electron chi connectivity index (χ2n) is 3.69. The van der Waals surface area contributed by atoms with Crippen LogP contribution in [0, 0.1) is 0 Å². The second-order valence-corrected chi connectivity index (χ2v) is 3.69. The maximum atomic E-state index is 9.56. The Morgan fingerprint density at radius 2 is 1.76 bits per heavy atom. The molecule has 0 aromatic carbocycles. The van der Waals surface area contributed by atoms with Crippen LogP contribution in [-0.2, 0) is 18.9 Å². The van der Waals surface area contributed by atoms with Crippen LogP contribution in [0.25, 0.3) is 0 Å². The van der Waals surface area contributed by atoms with Gasteiger partial charge in [0.05, 0.1) is 38.6 Å². The van der Waals surface area contributed by atoms with E-state index in [1.165, 1.54) is 0 Å². The average molecular weight is 251 g/mol. The Morgan fingerprint density at radius 1 is 1.00 bits per heavy atom. The van der Waals surface area contributed by atoms with E-state index in [-0.39, 0.29) is 6.10 Å². The summed E-state index contributed by atoms with van der Waals surface area (Å²) in [6, 6.07) is 0. The van der Waals surface area contributed by atoms with Crippen LogP contribution in [0.4, 0.5) is 0 Å². The van der Waals surface area contributed by atoms with Crippen LogP contribution in [0.2, 0.25) is 0 Å². The van der Waals surface area contributed by atoms with Crippen molar-refractivity contribution < 1.29 is 24.1 Å². The van der Waals surface area contributed by atoms with Gasteiger partial charge in [-0.15, -0.1) is 0 Å². The van der Waals surface area contributed by atoms with Crippen LogP contribution >= 0.6 is 0 Å². The monoisotopic (exact) mass is 251 g/mol. The summed E-state index contributed by atoms with van der Waals surface area (Å²) in [6.45, 7) is 2.98. The SMILES string of the molecule is COCCOCC(O)CNCC(COC)OC. The van der Waals surface area contributed by atoms with Gasteiger partial charge in [-0.3, -0.25) is 0 Å². The van der Waals surface area contributed by atoms with E-state index in [0.717, 1.165) is 0 Å². The molecule has 0 aromatic rings. The largest absolute Gasteiger partial charge is 0.389 e. The molecule has 0 spiro atoms. The smallest absolute Gasteiger partial charge is 0.0928 e. The van der Waals surface area contributed by atoms with Crippen molar-refractivity contribution in [3.05, 3.63) is 0 Å². The molecular formula is C11H25NO5. The van der Waals surface area contributed by atoms with Gasteiger partial charge in [0.1, 0.15) is 0 Å². The van der Waals surface area contributed by atoms with Crippen molar-refractivity contribution in [2.24, 2.45) is 0 Å². The molecule has 0 fully saturated rings. The third-order valence-corrected chi connectivity index (χ3v) is 2.18. The molecule has 6 nitrogen and oxygen atoms in total. The summed E-state index contributed by atoms with van der Waals surface area (Å²) < 4.78 is 20.2. The molecule has 0 amide bonds. The number of nitrogens with one attached hydrogen (secondary N) is 1. The summed E-state index contributed by atoms with van der Waals surface area (Å²) in [4.78, 5) is 0. The van der Waals surface area contributed by atoms with Gasteiger partial charge in [-0.1, -0.05) is 0 Å². The van der Waals surface area contributed by atoms with Gasteiger partial charge < -0.3 is 29.4 Å². The summed E-state index contributed by atoms with van der Waals surface area (Å²) in [6.07, 6.45) is -0.520. The predicted molar refractivity (Wildman–Crippen MR) is 64.2 cm³/mol. The Kier molecular flexibility index (Phi) is 12.1. The minimum Gasteiger partial charge on any atom is -0.389 e. The number of aliphatic hydroxyl groups is 1. The van der Waals surface area contributed by atoms with Gasteiger partial charge in [0.15, 0.2) is 0 Å². The molecule has 0 bridgehead atoms. The zero-order chi connectivity index (χ0) is 12.9. The maximum absolute atomic E-state index is 9.56. The third-order valence-electron chi connectivity index (χ3n) is 2.18. The van der Waals surface area contributed by atoms with Crippen LogP contribution in [0.5, 0.6) is 0 Å². The highest BCUT2D eigenvalue weighted by molar-refractivity contribution is 4.64. The normalized spacial score (nSPS) is 14.8. The summed E-state index contributed by atoms with van der Waals surface area (Å²) in [7, 11) is 4.88. The van der Waals surface area contributed by atoms with Gasteiger partial charge >= 0.3 is 0 Å². The fourth-order valence-corrected chi connectivity index (χ4v) is 1.23. The van der Waals surface area contributed by atoms with Gasteiger partial charge in [-0.25, -0.2) is 0 Å². The Balaban J connectivity index is 3.39. The zero-order valence-corrected chi connectivity index (χ0v) is 11.0. The van der Waals surface area contributed by atoms with Gasteiger partial charge in [0, 0.05) is 34.4 Å². The Morgan fingerprint density at radius 3 is 2.35 bits per heavy atom. The molecule has 0 radical (unpaired) electrons. The maximum Gasteiger partial charge on any atom is 0.0928 e. The van der Waals surface area contributed by atoms with E-state index in [9.17, 15) is 5.11 Å². The number of aliphatic hydroxyl groups excluding tert-OH is 1. The number of hydrogen-bond donors (Lipinski definition) is 2. The van der Waals surface area contributed by atoms with Crippen LogP contribution in [0.1, 0.15) is 0 Å². The van der Waals surface area contributed by atoms with Crippen molar-refractivity contribution in [3.8, 4) is 0 Å². The van der Waals surface area contributed by atoms with Gasteiger partial charge in [0.25, 0.3) is 0 Å². The van der Waals surface area contributed by atoms with E-state index >= 15 is 0 Å². The highest BCUT2D eigenvalue weighted by atomic mass is 16.5. The molecule has 0 heterocycles. The van der Waals surface area contributed by atoms with E-state index in [4.69, 9.17) is 18.9 Å². The molecule has 0 aromatic heterocycles. The molecular weight excluding hydrogens is 226 g/mol. The van der Waals surface area contributed by atoms with Crippen molar-refractivity contribution in [3.63, 3.8) is 0 Å². The number of methoxy groups -OCH3 is 3. The number of ether oxygens (including phenoxy) is 4. The zero-order valence-electron chi connectivity index (χ0n) is 11.0. The van der Waals surface area contributed by atoms with Crippen LogP contribution < -0.4 is 5.32 Å². The molecule has 0 rings (SSSR count). The minimum absolute atomic E-state index is 0.00149. The molecule has 0 saturated heterocycles. The van der Waals surface area contributed by atoms with Crippen LogP contribution in [-0.4, -0.2) is 78.2 Å². The number of hydrogen-bond acceptors (Lipinski definition) is 6. The molecule has 0 saturated carbocycles. The van der Waals surface area contributed by atoms with Crippen molar-refractivity contribution in [1.82, 2.24) is 5.32 Å². The van der Waals surface area contributed by atoms with Crippen LogP contribution in [0.15, 0.2) is 0 Å². The van der Waals surface area contributed by atoms with Gasteiger partial charge in [-0.05, 0) is 0 Å². The molecule has 0 aliphatic heterocycles. The fraction of sp³-hybridized carbons (Fsp3) is 1.00. The van der Waals surface area contributed by atoms with E-state index in [0.29, 0.717) is 39.5 Å². The van der Waals surface area contributed by atoms with Crippen molar-refractivity contribution in [2.75, 3.05) is 60.8 Å². The second kappa shape index (κ2) is 12.2. The molecule has 2 unspecified atom stereocenters. The average Bonchev–Trinajstić information content (AvgIpc) is 2.33. The lowest BCUT2D eigenvalue weighted by Gasteiger charge is -2.17. The summed E-state index contributed by atoms with van der Waals surface area (Å²) >= 11 is 0. The first-order valence-corrected chi connectivity index (χ1v) is 5.71. The molecule has 6 heteroatoms. The summed E-state index contributed by atoms with van der Waals surface area (Å²) in [5.74, 6) is 0. The quantitative estimate of drug-likeness (QED) is 0.445. The summed E-state index contributed by atoms with van der Waals surface area (Å²) in [5, 5.41) is 12.7. The third kappa shape index (κ3) is 10.6. The van der Waals surface area contributed by atoms with E-state index in [2.05, 4.69) is 5.32 Å². The van der Waals surface area contributed by atoms with Gasteiger partial charge in [0.2, 0.25) is 0 Å². The lowest BCUT2D eigenvalue weighted by Crippen LogP contribution is -2.37. The summed E-state index contributed by atoms with van der Waals surface area (Å²) in [5.41, 5.74) is 0. The van der Waals surface area contributed by atoms with E-state index in [1.807, 2.05) is 0 Å². The lowest BCUT2D eigenvalue weighted by atomic mass is 10.3. The highest BCUT2D eigenvalue weighted by Gasteiger charge is 2.08. The number of rotatable bonds is 12. The van der Waals surface area contributed by atoms with Crippen molar-refractivity contribution in [1.29, 1.82) is 0 Å². The van der Waals surface area contributed by atoms with Crippen molar-refractivity contribution >= 4 is 0 Å². The Hall–Kier alpha value is -0.240. The molecule has 2 N–H and O–H groups in total. The van der Waals surface area contributed by atoms with E-state index < -0.39 is 6.10 Å². The topological polar surface area (TPSA) is 69.2 Å². The van der Waals surface area contributed by atoms with Gasteiger partial charge in [-0.2, -0.15) is 0 Å². The first-order chi connectivity index (χ1) is 8.24. The lowest BCUT2D eigenvalue weighted by molar-refractivity contribution is 0.00708. The molecule has 2 atom stereocenters. The molecule has 0 aliphatic carbocycles. The minimum atomic E-state index is -0.521. The highest BCUT2D eigenvalue weighted by Crippen LogP contribution is 1.90. The van der Waals surface area contributed by atoms with Crippen molar-refractivity contribution in [2.45, 2.75) is 12.2 Å². The first kappa shape index (κ1) is 16.8. The molecule has 104 valence electrons. The first-order valence-electron chi connectivity index (χ1n) is 5.71. The standard InChI is InChI=1S/C11H25NO5/c1-14-4-5-17-8-10(13)6-12-7-11(16-3)9-15-2/h10-13H,4-9H2,1-3H3.